The average Bonchev–Trinajstić information content (AvgIpc) is 3.40. The molecule has 29 heavy (non-hydrogen) atoms. The number of nitrogens with one attached hydrogen (secondary N) is 1. The second-order valence-corrected chi connectivity index (χ2v) is 8.37. The summed E-state index contributed by atoms with van der Waals surface area (Å²) in [5, 5.41) is 3.96. The molecule has 0 aliphatic heterocycles. The van der Waals surface area contributed by atoms with E-state index >= 15 is 0 Å². The number of carbonyl (C=O) groups is 1. The van der Waals surface area contributed by atoms with Gasteiger partial charge in [-0.15, -0.1) is 0 Å². The number of anilines is 1. The van der Waals surface area contributed by atoms with E-state index in [0.717, 1.165) is 12.0 Å². The molecule has 2 unspecified atom stereocenters. The van der Waals surface area contributed by atoms with Gasteiger partial charge in [-0.25, -0.2) is 4.79 Å². The summed E-state index contributed by atoms with van der Waals surface area (Å²) in [6.45, 7) is 1.21. The molecule has 6 nitrogen and oxygen atoms in total. The van der Waals surface area contributed by atoms with E-state index < -0.39 is 5.76 Å². The van der Waals surface area contributed by atoms with Gasteiger partial charge in [0.1, 0.15) is 0 Å². The van der Waals surface area contributed by atoms with E-state index in [-0.39, 0.29) is 17.7 Å². The summed E-state index contributed by atoms with van der Waals surface area (Å²) in [6, 6.07) is 10.7. The highest BCUT2D eigenvalue weighted by molar-refractivity contribution is 6.42. The molecular weight excluding hydrogens is 413 g/mol. The van der Waals surface area contributed by atoms with E-state index in [4.69, 9.17) is 27.6 Å². The molecule has 0 bridgehead atoms. The molecule has 1 saturated carbocycles. The highest BCUT2D eigenvalue weighted by Gasteiger charge is 2.45. The van der Waals surface area contributed by atoms with E-state index in [1.165, 1.54) is 0 Å². The lowest BCUT2D eigenvalue weighted by molar-refractivity contribution is -0.117. The molecule has 1 N–H and O–H groups in total. The third-order valence-electron chi connectivity index (χ3n) is 5.21. The summed E-state index contributed by atoms with van der Waals surface area (Å²) in [6.07, 6.45) is 0.730. The monoisotopic (exact) mass is 433 g/mol. The van der Waals surface area contributed by atoms with Gasteiger partial charge in [-0.1, -0.05) is 35.3 Å². The van der Waals surface area contributed by atoms with Crippen LogP contribution >= 0.6 is 23.2 Å². The molecule has 2 aromatic carbocycles. The summed E-state index contributed by atoms with van der Waals surface area (Å²) in [5.74, 6) is -0.557. The van der Waals surface area contributed by atoms with E-state index in [9.17, 15) is 9.59 Å². The Morgan fingerprint density at radius 2 is 2.07 bits per heavy atom. The Kier molecular flexibility index (Phi) is 5.42. The summed E-state index contributed by atoms with van der Waals surface area (Å²) < 4.78 is 6.88. The molecule has 1 aliphatic carbocycles. The van der Waals surface area contributed by atoms with E-state index in [2.05, 4.69) is 5.32 Å². The second kappa shape index (κ2) is 7.86. The van der Waals surface area contributed by atoms with Crippen LogP contribution in [0.5, 0.6) is 0 Å². The lowest BCUT2D eigenvalue weighted by atomic mass is 10.1. The number of rotatable bonds is 6. The van der Waals surface area contributed by atoms with Crippen LogP contribution in [-0.2, 0) is 11.3 Å². The van der Waals surface area contributed by atoms with Gasteiger partial charge in [0.2, 0.25) is 5.91 Å². The standard InChI is InChI=1S/C21H21Cl2N3O3/c1-25(2)8-9-26-17-10-12(6-7-18(17)29-21(26)28)24-20(27)15-11-14(15)13-4-3-5-16(22)19(13)23/h3-7,10,14-15H,8-9,11H2,1-2H3,(H,24,27). The van der Waals surface area contributed by atoms with Crippen LogP contribution in [0.1, 0.15) is 17.9 Å². The van der Waals surface area contributed by atoms with Crippen LogP contribution in [0, 0.1) is 5.92 Å². The number of nitrogens with zero attached hydrogens (tertiary/aromatic N) is 2. The van der Waals surface area contributed by atoms with Gasteiger partial charge in [-0.3, -0.25) is 9.36 Å². The van der Waals surface area contributed by atoms with Crippen molar-refractivity contribution in [1.82, 2.24) is 9.47 Å². The van der Waals surface area contributed by atoms with Crippen molar-refractivity contribution < 1.29 is 9.21 Å². The lowest BCUT2D eigenvalue weighted by Gasteiger charge is -2.10. The molecule has 2 atom stereocenters. The Hall–Kier alpha value is -2.28. The molecule has 0 saturated heterocycles. The van der Waals surface area contributed by atoms with Gasteiger partial charge < -0.3 is 14.6 Å². The number of benzene rings is 2. The van der Waals surface area contributed by atoms with Crippen LogP contribution in [-0.4, -0.2) is 36.0 Å². The van der Waals surface area contributed by atoms with Gasteiger partial charge in [-0.05, 0) is 56.3 Å². The Balaban J connectivity index is 1.51. The lowest BCUT2D eigenvalue weighted by Crippen LogP contribution is -2.23. The quantitative estimate of drug-likeness (QED) is 0.632. The normalized spacial score (nSPS) is 18.4. The Morgan fingerprint density at radius 3 is 2.83 bits per heavy atom. The smallest absolute Gasteiger partial charge is 0.408 e. The number of halogens is 2. The maximum absolute atomic E-state index is 12.7. The Labute approximate surface area is 178 Å². The molecule has 3 aromatic rings. The second-order valence-electron chi connectivity index (χ2n) is 7.59. The minimum Gasteiger partial charge on any atom is -0.408 e. The molecule has 0 radical (unpaired) electrons. The van der Waals surface area contributed by atoms with Crippen molar-refractivity contribution in [3.05, 3.63) is 62.6 Å². The van der Waals surface area contributed by atoms with Crippen molar-refractivity contribution in [3.8, 4) is 0 Å². The van der Waals surface area contributed by atoms with Crippen LogP contribution in [0.15, 0.2) is 45.6 Å². The molecular formula is C21H21Cl2N3O3. The van der Waals surface area contributed by atoms with Gasteiger partial charge in [0.25, 0.3) is 0 Å². The number of hydrogen-bond donors (Lipinski definition) is 1. The van der Waals surface area contributed by atoms with Crippen LogP contribution in [0.25, 0.3) is 11.1 Å². The van der Waals surface area contributed by atoms with Crippen molar-refractivity contribution in [1.29, 1.82) is 0 Å². The molecule has 8 heteroatoms. The summed E-state index contributed by atoms with van der Waals surface area (Å²) in [7, 11) is 3.88. The van der Waals surface area contributed by atoms with Gasteiger partial charge in [0.15, 0.2) is 5.58 Å². The zero-order chi connectivity index (χ0) is 20.7. The number of carbonyl (C=O) groups excluding carboxylic acids is 1. The largest absolute Gasteiger partial charge is 0.419 e. The maximum atomic E-state index is 12.7. The SMILES string of the molecule is CN(C)CCn1c(=O)oc2ccc(NC(=O)C3CC3c3cccc(Cl)c3Cl)cc21. The Bertz CT molecular complexity index is 1140. The molecule has 4 rings (SSSR count). The van der Waals surface area contributed by atoms with E-state index in [0.29, 0.717) is 39.9 Å². The van der Waals surface area contributed by atoms with Crippen LogP contribution in [0.4, 0.5) is 5.69 Å². The number of amides is 1. The number of likely N-dealkylation sites (N-methyl/N-ethyl adjacent to an activating group) is 1. The van der Waals surface area contributed by atoms with E-state index in [1.54, 1.807) is 28.8 Å². The average molecular weight is 434 g/mol. The highest BCUT2D eigenvalue weighted by Crippen LogP contribution is 2.51. The third kappa shape index (κ3) is 4.06. The van der Waals surface area contributed by atoms with Gasteiger partial charge in [-0.2, -0.15) is 0 Å². The zero-order valence-electron chi connectivity index (χ0n) is 16.1. The topological polar surface area (TPSA) is 67.5 Å². The number of oxazole rings is 1. The number of fused-ring (bicyclic) bond motifs is 1. The maximum Gasteiger partial charge on any atom is 0.419 e. The highest BCUT2D eigenvalue weighted by atomic mass is 35.5. The first kappa shape index (κ1) is 20.0. The predicted octanol–water partition coefficient (Wildman–Crippen LogP) is 4.21. The van der Waals surface area contributed by atoms with Crippen molar-refractivity contribution in [3.63, 3.8) is 0 Å². The molecule has 1 heterocycles. The minimum atomic E-state index is -0.400. The fraction of sp³-hybridized carbons (Fsp3) is 0.333. The van der Waals surface area contributed by atoms with Crippen molar-refractivity contribution in [2.75, 3.05) is 26.0 Å². The fourth-order valence-corrected chi connectivity index (χ4v) is 3.97. The predicted molar refractivity (Wildman–Crippen MR) is 115 cm³/mol. The van der Waals surface area contributed by atoms with Crippen molar-refractivity contribution >= 4 is 45.9 Å². The molecule has 1 aliphatic rings. The number of hydrogen-bond acceptors (Lipinski definition) is 4. The molecule has 0 spiro atoms. The first-order chi connectivity index (χ1) is 13.8. The van der Waals surface area contributed by atoms with Gasteiger partial charge in [0, 0.05) is 24.7 Å². The molecule has 1 aromatic heterocycles. The van der Waals surface area contributed by atoms with Gasteiger partial charge in [0.05, 0.1) is 15.6 Å². The summed E-state index contributed by atoms with van der Waals surface area (Å²) in [5.41, 5.74) is 2.70. The summed E-state index contributed by atoms with van der Waals surface area (Å²) >= 11 is 12.4. The molecule has 1 fully saturated rings. The van der Waals surface area contributed by atoms with Crippen molar-refractivity contribution in [2.24, 2.45) is 5.92 Å². The van der Waals surface area contributed by atoms with Crippen LogP contribution in [0.3, 0.4) is 0 Å². The van der Waals surface area contributed by atoms with Crippen LogP contribution in [0.2, 0.25) is 10.0 Å². The van der Waals surface area contributed by atoms with Crippen LogP contribution < -0.4 is 11.1 Å². The third-order valence-corrected chi connectivity index (χ3v) is 6.05. The molecule has 1 amide bonds. The van der Waals surface area contributed by atoms with Crippen molar-refractivity contribution in [2.45, 2.75) is 18.9 Å². The van der Waals surface area contributed by atoms with Gasteiger partial charge >= 0.3 is 5.76 Å². The summed E-state index contributed by atoms with van der Waals surface area (Å²) in [4.78, 5) is 26.8. The Morgan fingerprint density at radius 1 is 1.28 bits per heavy atom. The minimum absolute atomic E-state index is 0.0668. The van der Waals surface area contributed by atoms with E-state index in [1.807, 2.05) is 31.1 Å². The fourth-order valence-electron chi connectivity index (χ4n) is 3.52. The molecule has 152 valence electrons. The first-order valence-electron chi connectivity index (χ1n) is 9.38. The number of aromatic nitrogens is 1. The first-order valence-corrected chi connectivity index (χ1v) is 10.1. The zero-order valence-corrected chi connectivity index (χ0v) is 17.6.